The second kappa shape index (κ2) is 7.45. The highest BCUT2D eigenvalue weighted by Gasteiger charge is 2.29. The highest BCUT2D eigenvalue weighted by Crippen LogP contribution is 2.34. The number of nitrogens with one attached hydrogen (secondary N) is 1. The molecule has 1 fully saturated rings. The maximum Gasteiger partial charge on any atom is 0.00985 e. The molecular formula is C20H33N. The lowest BCUT2D eigenvalue weighted by molar-refractivity contribution is 0.199. The lowest BCUT2D eigenvalue weighted by Gasteiger charge is -2.37. The second-order valence-electron chi connectivity index (χ2n) is 7.09. The fourth-order valence-electron chi connectivity index (χ4n) is 4.28. The average molecular weight is 287 g/mol. The number of hydrogen-bond donors (Lipinski definition) is 1. The van der Waals surface area contributed by atoms with Crippen LogP contribution in [0.1, 0.15) is 61.8 Å². The molecule has 1 aromatic rings. The summed E-state index contributed by atoms with van der Waals surface area (Å²) in [7, 11) is 0. The molecule has 3 atom stereocenters. The van der Waals surface area contributed by atoms with Crippen LogP contribution in [-0.2, 0) is 6.42 Å². The van der Waals surface area contributed by atoms with E-state index in [1.165, 1.54) is 48.8 Å². The van der Waals surface area contributed by atoms with Crippen molar-refractivity contribution in [1.29, 1.82) is 0 Å². The molecule has 118 valence electrons. The molecule has 21 heavy (non-hydrogen) atoms. The van der Waals surface area contributed by atoms with Crippen molar-refractivity contribution in [3.63, 3.8) is 0 Å². The summed E-state index contributed by atoms with van der Waals surface area (Å²) in [6.07, 6.45) is 6.78. The molecule has 3 unspecified atom stereocenters. The van der Waals surface area contributed by atoms with Gasteiger partial charge in [0.15, 0.2) is 0 Å². The van der Waals surface area contributed by atoms with Crippen LogP contribution in [0.4, 0.5) is 0 Å². The molecular weight excluding hydrogens is 254 g/mol. The quantitative estimate of drug-likeness (QED) is 0.807. The molecule has 2 rings (SSSR count). The van der Waals surface area contributed by atoms with Crippen LogP contribution in [0.2, 0.25) is 0 Å². The SMILES string of the molecule is CCNC1CCC(CC)CC1Cc1c(C)cc(C)cc1C. The summed E-state index contributed by atoms with van der Waals surface area (Å²) in [6.45, 7) is 12.5. The fourth-order valence-corrected chi connectivity index (χ4v) is 4.28. The Morgan fingerprint density at radius 2 is 1.71 bits per heavy atom. The summed E-state index contributed by atoms with van der Waals surface area (Å²) in [5, 5.41) is 3.75. The van der Waals surface area contributed by atoms with Gasteiger partial charge in [-0.3, -0.25) is 0 Å². The molecule has 1 aliphatic carbocycles. The lowest BCUT2D eigenvalue weighted by Crippen LogP contribution is -2.41. The minimum Gasteiger partial charge on any atom is -0.314 e. The van der Waals surface area contributed by atoms with Crippen molar-refractivity contribution in [2.24, 2.45) is 11.8 Å². The van der Waals surface area contributed by atoms with Crippen molar-refractivity contribution in [3.05, 3.63) is 34.4 Å². The molecule has 1 nitrogen and oxygen atoms in total. The normalized spacial score (nSPS) is 26.0. The van der Waals surface area contributed by atoms with Crippen LogP contribution in [0.3, 0.4) is 0 Å². The van der Waals surface area contributed by atoms with Crippen LogP contribution in [0.15, 0.2) is 12.1 Å². The van der Waals surface area contributed by atoms with Crippen LogP contribution >= 0.6 is 0 Å². The van der Waals surface area contributed by atoms with Gasteiger partial charge >= 0.3 is 0 Å². The summed E-state index contributed by atoms with van der Waals surface area (Å²) in [5.74, 6) is 1.75. The zero-order valence-electron chi connectivity index (χ0n) is 14.6. The summed E-state index contributed by atoms with van der Waals surface area (Å²) in [5.41, 5.74) is 5.97. The van der Waals surface area contributed by atoms with E-state index in [1.54, 1.807) is 5.56 Å². The molecule has 0 saturated heterocycles. The van der Waals surface area contributed by atoms with E-state index in [-0.39, 0.29) is 0 Å². The van der Waals surface area contributed by atoms with Gasteiger partial charge in [-0.25, -0.2) is 0 Å². The molecule has 1 N–H and O–H groups in total. The van der Waals surface area contributed by atoms with Gasteiger partial charge in [0.05, 0.1) is 0 Å². The Morgan fingerprint density at radius 1 is 1.05 bits per heavy atom. The van der Waals surface area contributed by atoms with Crippen molar-refractivity contribution in [2.45, 2.75) is 72.8 Å². The third-order valence-electron chi connectivity index (χ3n) is 5.44. The van der Waals surface area contributed by atoms with Crippen LogP contribution in [-0.4, -0.2) is 12.6 Å². The number of aryl methyl sites for hydroxylation is 3. The Morgan fingerprint density at radius 3 is 2.29 bits per heavy atom. The molecule has 0 spiro atoms. The molecule has 1 heteroatoms. The van der Waals surface area contributed by atoms with E-state index in [0.717, 1.165) is 24.4 Å². The Kier molecular flexibility index (Phi) is 5.87. The predicted molar refractivity (Wildman–Crippen MR) is 92.9 cm³/mol. The van der Waals surface area contributed by atoms with Crippen molar-refractivity contribution in [1.82, 2.24) is 5.32 Å². The van der Waals surface area contributed by atoms with Crippen LogP contribution < -0.4 is 5.32 Å². The largest absolute Gasteiger partial charge is 0.314 e. The molecule has 1 aromatic carbocycles. The van der Waals surface area contributed by atoms with Gasteiger partial charge in [0.25, 0.3) is 0 Å². The van der Waals surface area contributed by atoms with Gasteiger partial charge in [-0.2, -0.15) is 0 Å². The molecule has 0 radical (unpaired) electrons. The Hall–Kier alpha value is -0.820. The summed E-state index contributed by atoms with van der Waals surface area (Å²) in [6, 6.07) is 5.42. The topological polar surface area (TPSA) is 12.0 Å². The summed E-state index contributed by atoms with van der Waals surface area (Å²) >= 11 is 0. The van der Waals surface area contributed by atoms with Gasteiger partial charge in [-0.15, -0.1) is 0 Å². The number of rotatable bonds is 5. The zero-order chi connectivity index (χ0) is 15.4. The van der Waals surface area contributed by atoms with Crippen LogP contribution in [0.5, 0.6) is 0 Å². The maximum atomic E-state index is 3.75. The number of hydrogen-bond acceptors (Lipinski definition) is 1. The molecule has 0 bridgehead atoms. The molecule has 1 aliphatic rings. The van der Waals surface area contributed by atoms with Crippen molar-refractivity contribution in [3.8, 4) is 0 Å². The molecule has 0 aliphatic heterocycles. The summed E-state index contributed by atoms with van der Waals surface area (Å²) in [4.78, 5) is 0. The number of benzene rings is 1. The first-order chi connectivity index (χ1) is 10.0. The van der Waals surface area contributed by atoms with E-state index in [1.807, 2.05) is 0 Å². The first-order valence-electron chi connectivity index (χ1n) is 8.85. The molecule has 0 amide bonds. The Bertz CT molecular complexity index is 440. The first kappa shape index (κ1) is 16.5. The van der Waals surface area contributed by atoms with E-state index >= 15 is 0 Å². The van der Waals surface area contributed by atoms with Gasteiger partial charge in [0.1, 0.15) is 0 Å². The second-order valence-corrected chi connectivity index (χ2v) is 7.09. The van der Waals surface area contributed by atoms with E-state index < -0.39 is 0 Å². The Labute approximate surface area is 131 Å². The maximum absolute atomic E-state index is 3.75. The molecule has 0 aromatic heterocycles. The highest BCUT2D eigenvalue weighted by atomic mass is 14.9. The van der Waals surface area contributed by atoms with Crippen LogP contribution in [0, 0.1) is 32.6 Å². The van der Waals surface area contributed by atoms with E-state index in [9.17, 15) is 0 Å². The van der Waals surface area contributed by atoms with Crippen molar-refractivity contribution >= 4 is 0 Å². The fraction of sp³-hybridized carbons (Fsp3) is 0.700. The van der Waals surface area contributed by atoms with E-state index in [4.69, 9.17) is 0 Å². The average Bonchev–Trinajstić information content (AvgIpc) is 2.44. The molecule has 1 saturated carbocycles. The molecule has 0 heterocycles. The van der Waals surface area contributed by atoms with Gasteiger partial charge in [-0.1, -0.05) is 38.0 Å². The Balaban J connectivity index is 2.17. The van der Waals surface area contributed by atoms with Crippen LogP contribution in [0.25, 0.3) is 0 Å². The standard InChI is InChI=1S/C20H33N/c1-6-17-8-9-20(21-7-2)18(12-17)13-19-15(4)10-14(3)11-16(19)5/h10-11,17-18,20-21H,6-9,12-13H2,1-5H3. The predicted octanol–water partition coefficient (Wildman–Crippen LogP) is 4.96. The third-order valence-corrected chi connectivity index (χ3v) is 5.44. The minimum absolute atomic E-state index is 0.720. The highest BCUT2D eigenvalue weighted by molar-refractivity contribution is 5.37. The van der Waals surface area contributed by atoms with E-state index in [0.29, 0.717) is 0 Å². The lowest BCUT2D eigenvalue weighted by atomic mass is 9.73. The first-order valence-corrected chi connectivity index (χ1v) is 8.85. The van der Waals surface area contributed by atoms with Crippen molar-refractivity contribution in [2.75, 3.05) is 6.54 Å². The van der Waals surface area contributed by atoms with Gasteiger partial charge in [0, 0.05) is 6.04 Å². The summed E-state index contributed by atoms with van der Waals surface area (Å²) < 4.78 is 0. The zero-order valence-corrected chi connectivity index (χ0v) is 14.6. The minimum atomic E-state index is 0.720. The van der Waals surface area contributed by atoms with Crippen molar-refractivity contribution < 1.29 is 0 Å². The van der Waals surface area contributed by atoms with Gasteiger partial charge in [-0.05, 0) is 81.5 Å². The van der Waals surface area contributed by atoms with Gasteiger partial charge in [0.2, 0.25) is 0 Å². The smallest absolute Gasteiger partial charge is 0.00985 e. The third kappa shape index (κ3) is 4.10. The van der Waals surface area contributed by atoms with E-state index in [2.05, 4.69) is 52.1 Å². The van der Waals surface area contributed by atoms with Gasteiger partial charge < -0.3 is 5.32 Å². The monoisotopic (exact) mass is 287 g/mol.